The molecule has 6 heteroatoms. The van der Waals surface area contributed by atoms with Gasteiger partial charge < -0.3 is 15.3 Å². The van der Waals surface area contributed by atoms with Crippen LogP contribution in [-0.4, -0.2) is 28.9 Å². The van der Waals surface area contributed by atoms with E-state index in [-0.39, 0.29) is 17.9 Å². The lowest BCUT2D eigenvalue weighted by Crippen LogP contribution is -2.42. The van der Waals surface area contributed by atoms with Crippen LogP contribution in [0, 0.1) is 0 Å². The van der Waals surface area contributed by atoms with Crippen molar-refractivity contribution in [2.24, 2.45) is 0 Å². The molecule has 0 bridgehead atoms. The molecular formula is C24H20N2O4. The van der Waals surface area contributed by atoms with Crippen LogP contribution in [0.25, 0.3) is 0 Å². The van der Waals surface area contributed by atoms with Crippen LogP contribution in [0.1, 0.15) is 31.8 Å². The third-order valence-corrected chi connectivity index (χ3v) is 5.14. The Kier molecular flexibility index (Phi) is 5.30. The molecule has 1 atom stereocenters. The van der Waals surface area contributed by atoms with E-state index in [2.05, 4.69) is 5.32 Å². The van der Waals surface area contributed by atoms with Crippen molar-refractivity contribution >= 4 is 23.5 Å². The quantitative estimate of drug-likeness (QED) is 0.665. The van der Waals surface area contributed by atoms with E-state index >= 15 is 0 Å². The smallest absolute Gasteiger partial charge is 0.326 e. The third kappa shape index (κ3) is 3.80. The Bertz CT molecular complexity index is 1100. The molecule has 0 spiro atoms. The molecule has 1 aliphatic rings. The molecule has 0 aromatic heterocycles. The van der Waals surface area contributed by atoms with Crippen LogP contribution in [0.4, 0.5) is 5.69 Å². The van der Waals surface area contributed by atoms with Gasteiger partial charge >= 0.3 is 5.97 Å². The molecule has 1 heterocycles. The molecule has 6 nitrogen and oxygen atoms in total. The minimum atomic E-state index is -1.13. The highest BCUT2D eigenvalue weighted by Gasteiger charge is 2.33. The zero-order valence-electron chi connectivity index (χ0n) is 16.1. The van der Waals surface area contributed by atoms with E-state index in [1.54, 1.807) is 17.0 Å². The van der Waals surface area contributed by atoms with E-state index in [4.69, 9.17) is 0 Å². The second-order valence-corrected chi connectivity index (χ2v) is 7.12. The summed E-state index contributed by atoms with van der Waals surface area (Å²) in [7, 11) is 0. The van der Waals surface area contributed by atoms with Crippen molar-refractivity contribution in [3.63, 3.8) is 0 Å². The van der Waals surface area contributed by atoms with E-state index in [1.165, 1.54) is 0 Å². The highest BCUT2D eigenvalue weighted by Crippen LogP contribution is 2.30. The van der Waals surface area contributed by atoms with Crippen LogP contribution in [0.5, 0.6) is 0 Å². The summed E-state index contributed by atoms with van der Waals surface area (Å²) in [5, 5.41) is 12.2. The summed E-state index contributed by atoms with van der Waals surface area (Å²) in [6.07, 6.45) is 0.154. The third-order valence-electron chi connectivity index (χ3n) is 5.14. The molecule has 2 amide bonds. The molecule has 0 saturated heterocycles. The zero-order chi connectivity index (χ0) is 21.1. The first-order valence-corrected chi connectivity index (χ1v) is 9.61. The molecule has 0 radical (unpaired) electrons. The van der Waals surface area contributed by atoms with Crippen molar-refractivity contribution in [3.05, 3.63) is 101 Å². The van der Waals surface area contributed by atoms with Crippen molar-refractivity contribution in [2.75, 3.05) is 4.90 Å². The number of benzene rings is 3. The minimum absolute atomic E-state index is 0.154. The predicted octanol–water partition coefficient (Wildman–Crippen LogP) is 3.27. The molecule has 0 aliphatic carbocycles. The highest BCUT2D eigenvalue weighted by molar-refractivity contribution is 6.16. The number of rotatable bonds is 6. The molecule has 150 valence electrons. The Labute approximate surface area is 173 Å². The van der Waals surface area contributed by atoms with Gasteiger partial charge in [0, 0.05) is 12.1 Å². The Morgan fingerprint density at radius 1 is 0.933 bits per heavy atom. The number of anilines is 1. The largest absolute Gasteiger partial charge is 0.480 e. The van der Waals surface area contributed by atoms with Gasteiger partial charge in [-0.3, -0.25) is 9.59 Å². The standard InChI is InChI=1S/C24H20N2O4/c27-22(25-20(24(29)30)14-16-8-3-1-4-9-16)19-13-7-10-17-15-26(23(28)21(17)19)18-11-5-2-6-12-18/h1-13,20H,14-15H2,(H,25,27)(H,29,30). The summed E-state index contributed by atoms with van der Waals surface area (Å²) in [5.74, 6) is -1.97. The first-order valence-electron chi connectivity index (χ1n) is 9.61. The topological polar surface area (TPSA) is 86.7 Å². The predicted molar refractivity (Wildman–Crippen MR) is 112 cm³/mol. The molecule has 1 aliphatic heterocycles. The average Bonchev–Trinajstić information content (AvgIpc) is 3.11. The number of para-hydroxylation sites is 1. The van der Waals surface area contributed by atoms with Gasteiger partial charge in [-0.15, -0.1) is 0 Å². The molecule has 3 aromatic carbocycles. The average molecular weight is 400 g/mol. The Hall–Kier alpha value is -3.93. The van der Waals surface area contributed by atoms with Crippen molar-refractivity contribution in [1.29, 1.82) is 0 Å². The SMILES string of the molecule is O=C(NC(Cc1ccccc1)C(=O)O)c1cccc2c1C(=O)N(c1ccccc1)C2. The first-order chi connectivity index (χ1) is 14.5. The van der Waals surface area contributed by atoms with Gasteiger partial charge in [0.1, 0.15) is 6.04 Å². The van der Waals surface area contributed by atoms with Crippen LogP contribution in [0.2, 0.25) is 0 Å². The fraction of sp³-hybridized carbons (Fsp3) is 0.125. The number of aliphatic carboxylic acids is 1. The lowest BCUT2D eigenvalue weighted by Gasteiger charge is -2.17. The second-order valence-electron chi connectivity index (χ2n) is 7.12. The number of carboxylic acid groups (broad SMARTS) is 1. The van der Waals surface area contributed by atoms with E-state index in [0.29, 0.717) is 12.1 Å². The monoisotopic (exact) mass is 400 g/mol. The maximum Gasteiger partial charge on any atom is 0.326 e. The molecule has 2 N–H and O–H groups in total. The number of nitrogens with zero attached hydrogens (tertiary/aromatic N) is 1. The number of nitrogens with one attached hydrogen (secondary N) is 1. The molecule has 4 rings (SSSR count). The summed E-state index contributed by atoms with van der Waals surface area (Å²) in [5.41, 5.74) is 2.80. The number of hydrogen-bond acceptors (Lipinski definition) is 3. The lowest BCUT2D eigenvalue weighted by molar-refractivity contribution is -0.139. The van der Waals surface area contributed by atoms with Gasteiger partial charge in [0.05, 0.1) is 17.7 Å². The Morgan fingerprint density at radius 3 is 2.27 bits per heavy atom. The number of carbonyl (C=O) groups excluding carboxylic acids is 2. The molecule has 0 saturated carbocycles. The molecule has 3 aromatic rings. The van der Waals surface area contributed by atoms with Gasteiger partial charge in [0.2, 0.25) is 0 Å². The van der Waals surface area contributed by atoms with Gasteiger partial charge in [-0.2, -0.15) is 0 Å². The lowest BCUT2D eigenvalue weighted by atomic mass is 10.0. The molecule has 1 unspecified atom stereocenters. The number of carboxylic acids is 1. The first kappa shape index (κ1) is 19.4. The van der Waals surface area contributed by atoms with Gasteiger partial charge in [0.25, 0.3) is 11.8 Å². The van der Waals surface area contributed by atoms with Crippen LogP contribution in [-0.2, 0) is 17.8 Å². The number of hydrogen-bond donors (Lipinski definition) is 2. The maximum absolute atomic E-state index is 13.1. The van der Waals surface area contributed by atoms with Crippen molar-refractivity contribution in [2.45, 2.75) is 19.0 Å². The highest BCUT2D eigenvalue weighted by atomic mass is 16.4. The number of carbonyl (C=O) groups is 3. The fourth-order valence-corrected chi connectivity index (χ4v) is 3.65. The van der Waals surface area contributed by atoms with E-state index in [1.807, 2.05) is 66.7 Å². The number of amides is 2. The maximum atomic E-state index is 13.1. The van der Waals surface area contributed by atoms with Gasteiger partial charge in [-0.05, 0) is 29.3 Å². The number of fused-ring (bicyclic) bond motifs is 1. The normalized spacial score (nSPS) is 13.6. The van der Waals surface area contributed by atoms with Crippen LogP contribution < -0.4 is 10.2 Å². The van der Waals surface area contributed by atoms with Crippen molar-refractivity contribution < 1.29 is 19.5 Å². The van der Waals surface area contributed by atoms with Crippen molar-refractivity contribution in [3.8, 4) is 0 Å². The van der Waals surface area contributed by atoms with E-state index in [0.717, 1.165) is 16.8 Å². The minimum Gasteiger partial charge on any atom is -0.480 e. The van der Waals surface area contributed by atoms with E-state index in [9.17, 15) is 19.5 Å². The Balaban J connectivity index is 1.58. The molecular weight excluding hydrogens is 380 g/mol. The van der Waals surface area contributed by atoms with Gasteiger partial charge in [-0.1, -0.05) is 60.7 Å². The molecule has 30 heavy (non-hydrogen) atoms. The van der Waals surface area contributed by atoms with Gasteiger partial charge in [0.15, 0.2) is 0 Å². The van der Waals surface area contributed by atoms with E-state index < -0.39 is 17.9 Å². The second kappa shape index (κ2) is 8.21. The van der Waals surface area contributed by atoms with Crippen LogP contribution in [0.15, 0.2) is 78.9 Å². The van der Waals surface area contributed by atoms with Crippen LogP contribution >= 0.6 is 0 Å². The Morgan fingerprint density at radius 2 is 1.60 bits per heavy atom. The van der Waals surface area contributed by atoms with Crippen LogP contribution in [0.3, 0.4) is 0 Å². The van der Waals surface area contributed by atoms with Gasteiger partial charge in [-0.25, -0.2) is 4.79 Å². The fourth-order valence-electron chi connectivity index (χ4n) is 3.65. The summed E-state index contributed by atoms with van der Waals surface area (Å²) in [6, 6.07) is 22.3. The summed E-state index contributed by atoms with van der Waals surface area (Å²) in [6.45, 7) is 0.367. The summed E-state index contributed by atoms with van der Waals surface area (Å²) < 4.78 is 0. The summed E-state index contributed by atoms with van der Waals surface area (Å²) in [4.78, 5) is 39.3. The zero-order valence-corrected chi connectivity index (χ0v) is 16.1. The van der Waals surface area contributed by atoms with Crippen molar-refractivity contribution in [1.82, 2.24) is 5.32 Å². The molecule has 0 fully saturated rings. The summed E-state index contributed by atoms with van der Waals surface area (Å²) >= 11 is 0.